The average molecular weight is 605 g/mol. The van der Waals surface area contributed by atoms with E-state index in [9.17, 15) is 14.4 Å². The fourth-order valence-electron chi connectivity index (χ4n) is 7.09. The summed E-state index contributed by atoms with van der Waals surface area (Å²) < 4.78 is 7.00. The van der Waals surface area contributed by atoms with Crippen LogP contribution >= 0.6 is 15.9 Å². The number of anilines is 1. The zero-order valence-corrected chi connectivity index (χ0v) is 23.9. The van der Waals surface area contributed by atoms with Gasteiger partial charge in [-0.15, -0.1) is 0 Å². The smallest absolute Gasteiger partial charge is 0.185 e. The third-order valence-corrected chi connectivity index (χ3v) is 9.14. The van der Waals surface area contributed by atoms with Crippen LogP contribution in [0.4, 0.5) is 5.69 Å². The highest BCUT2D eigenvalue weighted by molar-refractivity contribution is 9.10. The zero-order valence-electron chi connectivity index (χ0n) is 22.3. The van der Waals surface area contributed by atoms with Crippen LogP contribution in [0.25, 0.3) is 6.08 Å². The summed E-state index contributed by atoms with van der Waals surface area (Å²) in [7, 11) is 0. The van der Waals surface area contributed by atoms with Gasteiger partial charge in [0.05, 0.1) is 12.6 Å². The second-order valence-electron chi connectivity index (χ2n) is 10.6. The molecule has 4 aromatic rings. The molecule has 0 unspecified atom stereocenters. The topological polar surface area (TPSA) is 63.7 Å². The summed E-state index contributed by atoms with van der Waals surface area (Å²) >= 11 is 3.57. The molecule has 6 heteroatoms. The van der Waals surface area contributed by atoms with Crippen molar-refractivity contribution in [1.82, 2.24) is 0 Å². The number of nitrogens with zero attached hydrogens (tertiary/aromatic N) is 1. The maximum atomic E-state index is 14.8. The van der Waals surface area contributed by atoms with Gasteiger partial charge in [-0.3, -0.25) is 14.4 Å². The summed E-state index contributed by atoms with van der Waals surface area (Å²) in [6.07, 6.45) is 3.90. The van der Waals surface area contributed by atoms with Crippen molar-refractivity contribution < 1.29 is 19.1 Å². The molecule has 0 radical (unpaired) electrons. The Morgan fingerprint density at radius 2 is 1.54 bits per heavy atom. The van der Waals surface area contributed by atoms with Crippen molar-refractivity contribution in [3.63, 3.8) is 0 Å². The highest BCUT2D eigenvalue weighted by atomic mass is 79.9. The molecular formula is C35H26BrNO4. The Labute approximate surface area is 246 Å². The standard InChI is InChI=1S/C35H26BrNO4/c1-2-41-28-15-9-8-14-26(28)30-31(32(38)21-10-4-3-5-11-21)37-27-18-17-23(36)20-22(27)16-19-29(37)35(30)33(39)24-12-6-7-13-25(24)34(35)40/h3-20,29-31H,2H2,1H3/t29-,30-,31+/m0/s1. The maximum absolute atomic E-state index is 14.8. The molecule has 2 heterocycles. The van der Waals surface area contributed by atoms with E-state index in [1.54, 1.807) is 36.4 Å². The molecule has 202 valence electrons. The predicted molar refractivity (Wildman–Crippen MR) is 162 cm³/mol. The van der Waals surface area contributed by atoms with E-state index in [2.05, 4.69) is 15.9 Å². The number of rotatable bonds is 5. The zero-order chi connectivity index (χ0) is 28.3. The van der Waals surface area contributed by atoms with Crippen molar-refractivity contribution in [3.05, 3.63) is 135 Å². The van der Waals surface area contributed by atoms with Crippen molar-refractivity contribution in [1.29, 1.82) is 0 Å². The van der Waals surface area contributed by atoms with Crippen LogP contribution in [-0.4, -0.2) is 36.0 Å². The van der Waals surface area contributed by atoms with E-state index in [0.717, 1.165) is 15.7 Å². The van der Waals surface area contributed by atoms with Crippen molar-refractivity contribution >= 4 is 45.0 Å². The molecule has 1 spiro atoms. The minimum atomic E-state index is -1.56. The van der Waals surface area contributed by atoms with E-state index in [4.69, 9.17) is 4.74 Å². The number of ketones is 3. The molecule has 0 amide bonds. The number of hydrogen-bond donors (Lipinski definition) is 0. The summed E-state index contributed by atoms with van der Waals surface area (Å²) in [6, 6.07) is 28.0. The van der Waals surface area contributed by atoms with Gasteiger partial charge in [0.1, 0.15) is 17.2 Å². The lowest BCUT2D eigenvalue weighted by Gasteiger charge is -2.37. The Kier molecular flexibility index (Phi) is 6.05. The number of carbonyl (C=O) groups is 3. The third kappa shape index (κ3) is 3.56. The third-order valence-electron chi connectivity index (χ3n) is 8.65. The molecule has 2 aliphatic heterocycles. The lowest BCUT2D eigenvalue weighted by molar-refractivity contribution is 0.0664. The molecule has 0 saturated carbocycles. The first-order chi connectivity index (χ1) is 20.0. The number of benzene rings is 4. The SMILES string of the molecule is CCOc1ccccc1[C@H]1[C@H](C(=O)c2ccccc2)N2c3ccc(Br)cc3C=C[C@H]2C12C(=O)c1ccccc1C2=O. The second-order valence-corrected chi connectivity index (χ2v) is 11.5. The van der Waals surface area contributed by atoms with E-state index in [1.165, 1.54) is 0 Å². The molecule has 0 bridgehead atoms. The number of para-hydroxylation sites is 1. The Morgan fingerprint density at radius 1 is 0.878 bits per heavy atom. The molecular weight excluding hydrogens is 578 g/mol. The number of carbonyl (C=O) groups excluding carboxylic acids is 3. The van der Waals surface area contributed by atoms with Crippen molar-refractivity contribution in [3.8, 4) is 5.75 Å². The Bertz CT molecular complexity index is 1730. The minimum Gasteiger partial charge on any atom is -0.494 e. The number of ether oxygens (including phenoxy) is 1. The monoisotopic (exact) mass is 603 g/mol. The normalized spacial score (nSPS) is 21.5. The van der Waals surface area contributed by atoms with Gasteiger partial charge in [-0.05, 0) is 36.8 Å². The largest absolute Gasteiger partial charge is 0.494 e. The molecule has 4 aromatic carbocycles. The van der Waals surface area contributed by atoms with Gasteiger partial charge in [-0.1, -0.05) is 101 Å². The predicted octanol–water partition coefficient (Wildman–Crippen LogP) is 7.16. The molecule has 7 rings (SSSR count). The molecule has 1 fully saturated rings. The van der Waals surface area contributed by atoms with E-state index in [-0.39, 0.29) is 17.3 Å². The molecule has 0 N–H and O–H groups in total. The van der Waals surface area contributed by atoms with E-state index < -0.39 is 23.4 Å². The van der Waals surface area contributed by atoms with E-state index in [1.807, 2.05) is 84.6 Å². The Balaban J connectivity index is 1.57. The first-order valence-corrected chi connectivity index (χ1v) is 14.5. The van der Waals surface area contributed by atoms with Gasteiger partial charge >= 0.3 is 0 Å². The van der Waals surface area contributed by atoms with Crippen LogP contribution in [0.15, 0.2) is 108 Å². The summed E-state index contributed by atoms with van der Waals surface area (Å²) in [4.78, 5) is 46.3. The van der Waals surface area contributed by atoms with Crippen LogP contribution in [0.1, 0.15) is 55.0 Å². The molecule has 1 aliphatic carbocycles. The first kappa shape index (κ1) is 25.7. The highest BCUT2D eigenvalue weighted by Crippen LogP contribution is 2.62. The number of Topliss-reactive ketones (excluding diaryl/α,β-unsaturated/α-hetero) is 3. The van der Waals surface area contributed by atoms with Gasteiger partial charge < -0.3 is 9.64 Å². The van der Waals surface area contributed by atoms with Gasteiger partial charge in [0.2, 0.25) is 0 Å². The number of halogens is 1. The van der Waals surface area contributed by atoms with Gasteiger partial charge in [0, 0.05) is 38.3 Å². The van der Waals surface area contributed by atoms with Crippen LogP contribution in [-0.2, 0) is 0 Å². The van der Waals surface area contributed by atoms with Gasteiger partial charge in [-0.25, -0.2) is 0 Å². The molecule has 0 aromatic heterocycles. The van der Waals surface area contributed by atoms with E-state index in [0.29, 0.717) is 34.6 Å². The lowest BCUT2D eigenvalue weighted by Crippen LogP contribution is -2.48. The van der Waals surface area contributed by atoms with Gasteiger partial charge in [-0.2, -0.15) is 0 Å². The molecule has 41 heavy (non-hydrogen) atoms. The molecule has 3 atom stereocenters. The van der Waals surface area contributed by atoms with Crippen LogP contribution in [0.5, 0.6) is 5.75 Å². The quantitative estimate of drug-likeness (QED) is 0.179. The number of fused-ring (bicyclic) bond motifs is 5. The lowest BCUT2D eigenvalue weighted by atomic mass is 9.64. The van der Waals surface area contributed by atoms with E-state index >= 15 is 0 Å². The fourth-order valence-corrected chi connectivity index (χ4v) is 7.47. The summed E-state index contributed by atoms with van der Waals surface area (Å²) in [5, 5.41) is 0. The first-order valence-electron chi connectivity index (χ1n) is 13.7. The summed E-state index contributed by atoms with van der Waals surface area (Å²) in [5.41, 5.74) is 2.16. The van der Waals surface area contributed by atoms with Crippen LogP contribution < -0.4 is 9.64 Å². The van der Waals surface area contributed by atoms with Gasteiger partial charge in [0.25, 0.3) is 0 Å². The minimum absolute atomic E-state index is 0.149. The van der Waals surface area contributed by atoms with Crippen molar-refractivity contribution in [2.45, 2.75) is 24.9 Å². The summed E-state index contributed by atoms with van der Waals surface area (Å²) in [6.45, 7) is 2.30. The van der Waals surface area contributed by atoms with Crippen LogP contribution in [0, 0.1) is 5.41 Å². The van der Waals surface area contributed by atoms with Crippen molar-refractivity contribution in [2.24, 2.45) is 5.41 Å². The van der Waals surface area contributed by atoms with Crippen molar-refractivity contribution in [2.75, 3.05) is 11.5 Å². The van der Waals surface area contributed by atoms with Crippen LogP contribution in [0.2, 0.25) is 0 Å². The van der Waals surface area contributed by atoms with Crippen LogP contribution in [0.3, 0.4) is 0 Å². The number of hydrogen-bond acceptors (Lipinski definition) is 5. The Morgan fingerprint density at radius 3 is 2.24 bits per heavy atom. The maximum Gasteiger partial charge on any atom is 0.185 e. The fraction of sp³-hybridized carbons (Fsp3) is 0.171. The van der Waals surface area contributed by atoms with Gasteiger partial charge in [0.15, 0.2) is 17.3 Å². The molecule has 1 saturated heterocycles. The Hall–Kier alpha value is -4.29. The average Bonchev–Trinajstić information content (AvgIpc) is 3.43. The highest BCUT2D eigenvalue weighted by Gasteiger charge is 2.71. The summed E-state index contributed by atoms with van der Waals surface area (Å²) in [5.74, 6) is -0.892. The molecule has 3 aliphatic rings. The molecule has 5 nitrogen and oxygen atoms in total. The second kappa shape index (κ2) is 9.67.